The van der Waals surface area contributed by atoms with E-state index in [1.165, 1.54) is 0 Å². The summed E-state index contributed by atoms with van der Waals surface area (Å²) < 4.78 is 2.05. The molecule has 0 saturated carbocycles. The van der Waals surface area contributed by atoms with Gasteiger partial charge < -0.3 is 10.6 Å². The highest BCUT2D eigenvalue weighted by Gasteiger charge is 2.01. The fraction of sp³-hybridized carbons (Fsp3) is 0.417. The van der Waals surface area contributed by atoms with Crippen molar-refractivity contribution >= 4 is 37.8 Å². The highest BCUT2D eigenvalue weighted by molar-refractivity contribution is 9.13. The Morgan fingerprint density at radius 1 is 1.29 bits per heavy atom. The lowest BCUT2D eigenvalue weighted by atomic mass is 10.2. The van der Waals surface area contributed by atoms with Gasteiger partial charge in [0.25, 0.3) is 0 Å². The average molecular weight is 364 g/mol. The molecule has 0 aliphatic carbocycles. The molecule has 2 N–H and O–H groups in total. The summed E-state index contributed by atoms with van der Waals surface area (Å²) in [5, 5.41) is 5.93. The molecule has 0 aromatic heterocycles. The van der Waals surface area contributed by atoms with Crippen LogP contribution in [0.2, 0.25) is 0 Å². The fourth-order valence-corrected chi connectivity index (χ4v) is 1.97. The third kappa shape index (κ3) is 5.66. The van der Waals surface area contributed by atoms with Crippen LogP contribution in [0.1, 0.15) is 18.9 Å². The lowest BCUT2D eigenvalue weighted by Crippen LogP contribution is -2.33. The Balaban J connectivity index is 2.30. The normalized spacial score (nSPS) is 10.3. The van der Waals surface area contributed by atoms with Gasteiger partial charge >= 0.3 is 0 Å². The summed E-state index contributed by atoms with van der Waals surface area (Å²) in [4.78, 5) is 11.3. The number of carbonyl (C=O) groups excluding carboxylic acids is 1. The number of hydrogen-bond donors (Lipinski definition) is 2. The minimum Gasteiger partial charge on any atom is -0.355 e. The first-order valence-electron chi connectivity index (χ1n) is 5.54. The Labute approximate surface area is 119 Å². The number of rotatable bonds is 6. The Kier molecular flexibility index (Phi) is 6.77. The van der Waals surface area contributed by atoms with E-state index in [2.05, 4.69) is 42.5 Å². The third-order valence-corrected chi connectivity index (χ3v) is 4.05. The molecule has 1 rings (SSSR count). The van der Waals surface area contributed by atoms with Gasteiger partial charge in [-0.2, -0.15) is 0 Å². The highest BCUT2D eigenvalue weighted by Crippen LogP contribution is 2.23. The molecule has 0 saturated heterocycles. The SMILES string of the molecule is CCCNC(=O)CNCc1ccc(Br)c(Br)c1. The molecule has 1 aromatic carbocycles. The second-order valence-electron chi connectivity index (χ2n) is 3.70. The maximum Gasteiger partial charge on any atom is 0.233 e. The van der Waals surface area contributed by atoms with Crippen molar-refractivity contribution in [2.24, 2.45) is 0 Å². The Morgan fingerprint density at radius 3 is 2.71 bits per heavy atom. The summed E-state index contributed by atoms with van der Waals surface area (Å²) in [7, 11) is 0. The average Bonchev–Trinajstić information content (AvgIpc) is 2.31. The third-order valence-electron chi connectivity index (χ3n) is 2.17. The second kappa shape index (κ2) is 7.84. The Hall–Kier alpha value is -0.390. The van der Waals surface area contributed by atoms with E-state index in [1.54, 1.807) is 0 Å². The molecule has 0 bridgehead atoms. The first kappa shape index (κ1) is 14.7. The molecule has 0 spiro atoms. The minimum absolute atomic E-state index is 0.0445. The van der Waals surface area contributed by atoms with Crippen molar-refractivity contribution in [3.8, 4) is 0 Å². The van der Waals surface area contributed by atoms with E-state index < -0.39 is 0 Å². The quantitative estimate of drug-likeness (QED) is 0.815. The van der Waals surface area contributed by atoms with E-state index in [-0.39, 0.29) is 5.91 Å². The molecule has 3 nitrogen and oxygen atoms in total. The molecular formula is C12H16Br2N2O. The van der Waals surface area contributed by atoms with Crippen LogP contribution >= 0.6 is 31.9 Å². The zero-order valence-electron chi connectivity index (χ0n) is 9.72. The number of amides is 1. The van der Waals surface area contributed by atoms with Gasteiger partial charge in [0, 0.05) is 22.0 Å². The van der Waals surface area contributed by atoms with Crippen LogP contribution in [0, 0.1) is 0 Å². The van der Waals surface area contributed by atoms with Crippen LogP contribution in [0.3, 0.4) is 0 Å². The van der Waals surface area contributed by atoms with E-state index >= 15 is 0 Å². The van der Waals surface area contributed by atoms with Gasteiger partial charge in [0.05, 0.1) is 6.54 Å². The van der Waals surface area contributed by atoms with Crippen molar-refractivity contribution in [1.29, 1.82) is 0 Å². The fourth-order valence-electron chi connectivity index (χ4n) is 1.30. The monoisotopic (exact) mass is 362 g/mol. The molecule has 0 heterocycles. The van der Waals surface area contributed by atoms with Crippen molar-refractivity contribution < 1.29 is 4.79 Å². The molecule has 0 aliphatic heterocycles. The van der Waals surface area contributed by atoms with Gasteiger partial charge in [-0.3, -0.25) is 4.79 Å². The van der Waals surface area contributed by atoms with Crippen molar-refractivity contribution in [3.05, 3.63) is 32.7 Å². The van der Waals surface area contributed by atoms with E-state index in [0.717, 1.165) is 27.5 Å². The minimum atomic E-state index is 0.0445. The van der Waals surface area contributed by atoms with Gasteiger partial charge in [-0.25, -0.2) is 0 Å². The zero-order chi connectivity index (χ0) is 12.7. The molecule has 1 aromatic rings. The molecule has 0 atom stereocenters. The van der Waals surface area contributed by atoms with Gasteiger partial charge in [-0.05, 0) is 56.0 Å². The first-order chi connectivity index (χ1) is 8.13. The largest absolute Gasteiger partial charge is 0.355 e. The van der Waals surface area contributed by atoms with Gasteiger partial charge in [-0.1, -0.05) is 13.0 Å². The topological polar surface area (TPSA) is 41.1 Å². The van der Waals surface area contributed by atoms with Crippen LogP contribution in [-0.2, 0) is 11.3 Å². The molecule has 0 unspecified atom stereocenters. The molecule has 94 valence electrons. The van der Waals surface area contributed by atoms with Crippen molar-refractivity contribution in [2.75, 3.05) is 13.1 Å². The summed E-state index contributed by atoms with van der Waals surface area (Å²) in [5.74, 6) is 0.0445. The van der Waals surface area contributed by atoms with E-state index in [1.807, 2.05) is 25.1 Å². The molecular weight excluding hydrogens is 348 g/mol. The number of benzene rings is 1. The van der Waals surface area contributed by atoms with E-state index in [4.69, 9.17) is 0 Å². The summed E-state index contributed by atoms with van der Waals surface area (Å²) in [6.45, 7) is 3.82. The summed E-state index contributed by atoms with van der Waals surface area (Å²) >= 11 is 6.86. The maximum atomic E-state index is 11.3. The van der Waals surface area contributed by atoms with Gasteiger partial charge in [-0.15, -0.1) is 0 Å². The highest BCUT2D eigenvalue weighted by atomic mass is 79.9. The predicted octanol–water partition coefficient (Wildman–Crippen LogP) is 2.83. The first-order valence-corrected chi connectivity index (χ1v) is 7.13. The molecule has 1 amide bonds. The number of nitrogens with one attached hydrogen (secondary N) is 2. The molecule has 0 aliphatic rings. The van der Waals surface area contributed by atoms with Crippen molar-refractivity contribution in [1.82, 2.24) is 10.6 Å². The summed E-state index contributed by atoms with van der Waals surface area (Å²) in [6.07, 6.45) is 0.964. The number of halogens is 2. The molecule has 0 radical (unpaired) electrons. The maximum absolute atomic E-state index is 11.3. The lowest BCUT2D eigenvalue weighted by molar-refractivity contribution is -0.120. The molecule has 0 fully saturated rings. The van der Waals surface area contributed by atoms with Gasteiger partial charge in [0.2, 0.25) is 5.91 Å². The summed E-state index contributed by atoms with van der Waals surface area (Å²) in [6, 6.07) is 6.03. The Bertz CT molecular complexity index is 383. The van der Waals surface area contributed by atoms with Crippen molar-refractivity contribution in [3.63, 3.8) is 0 Å². The van der Waals surface area contributed by atoms with Gasteiger partial charge in [0.15, 0.2) is 0 Å². The number of hydrogen-bond acceptors (Lipinski definition) is 2. The van der Waals surface area contributed by atoms with Crippen LogP contribution < -0.4 is 10.6 Å². The van der Waals surface area contributed by atoms with Crippen LogP contribution in [-0.4, -0.2) is 19.0 Å². The standard InChI is InChI=1S/C12H16Br2N2O/c1-2-5-16-12(17)8-15-7-9-3-4-10(13)11(14)6-9/h3-4,6,15H,2,5,7-8H2,1H3,(H,16,17). The van der Waals surface area contributed by atoms with Crippen LogP contribution in [0.4, 0.5) is 0 Å². The van der Waals surface area contributed by atoms with Crippen molar-refractivity contribution in [2.45, 2.75) is 19.9 Å². The van der Waals surface area contributed by atoms with E-state index in [9.17, 15) is 4.79 Å². The number of carbonyl (C=O) groups is 1. The zero-order valence-corrected chi connectivity index (χ0v) is 12.9. The molecule has 17 heavy (non-hydrogen) atoms. The van der Waals surface area contributed by atoms with Crippen LogP contribution in [0.15, 0.2) is 27.1 Å². The van der Waals surface area contributed by atoms with Crippen LogP contribution in [0.25, 0.3) is 0 Å². The lowest BCUT2D eigenvalue weighted by Gasteiger charge is -2.06. The smallest absolute Gasteiger partial charge is 0.233 e. The predicted molar refractivity (Wildman–Crippen MR) is 76.8 cm³/mol. The van der Waals surface area contributed by atoms with Gasteiger partial charge in [0.1, 0.15) is 0 Å². The summed E-state index contributed by atoms with van der Waals surface area (Å²) in [5.41, 5.74) is 1.14. The van der Waals surface area contributed by atoms with Crippen LogP contribution in [0.5, 0.6) is 0 Å². The molecule has 5 heteroatoms. The second-order valence-corrected chi connectivity index (χ2v) is 5.41. The van der Waals surface area contributed by atoms with E-state index in [0.29, 0.717) is 13.1 Å². The Morgan fingerprint density at radius 2 is 2.06 bits per heavy atom.